The number of amides is 1. The van der Waals surface area contributed by atoms with E-state index in [-0.39, 0.29) is 23.4 Å². The third kappa shape index (κ3) is 5.14. The molecular weight excluding hydrogens is 404 g/mol. The van der Waals surface area contributed by atoms with E-state index in [1.807, 2.05) is 38.1 Å². The van der Waals surface area contributed by atoms with E-state index in [0.29, 0.717) is 0 Å². The number of sulfonamides is 1. The van der Waals surface area contributed by atoms with Gasteiger partial charge in [0.1, 0.15) is 0 Å². The summed E-state index contributed by atoms with van der Waals surface area (Å²) in [6.07, 6.45) is 0. The van der Waals surface area contributed by atoms with E-state index in [1.54, 1.807) is 24.3 Å². The number of aryl methyl sites for hydroxylation is 1. The van der Waals surface area contributed by atoms with Crippen LogP contribution in [0.2, 0.25) is 0 Å². The van der Waals surface area contributed by atoms with Crippen LogP contribution in [0.4, 0.5) is 0 Å². The SMILES string of the molecule is Cc1ccc(S(=O)(=O)N(C)CC(=O)N[C@@H](C)c2ccc(Br)cc2)cc1. The molecule has 0 fully saturated rings. The summed E-state index contributed by atoms with van der Waals surface area (Å²) in [5.41, 5.74) is 1.92. The van der Waals surface area contributed by atoms with Crippen LogP contribution in [0.1, 0.15) is 24.1 Å². The number of hydrogen-bond acceptors (Lipinski definition) is 3. The number of hydrogen-bond donors (Lipinski definition) is 1. The van der Waals surface area contributed by atoms with Crippen LogP contribution in [0.5, 0.6) is 0 Å². The Hall–Kier alpha value is -1.70. The maximum absolute atomic E-state index is 12.5. The van der Waals surface area contributed by atoms with E-state index in [1.165, 1.54) is 7.05 Å². The topological polar surface area (TPSA) is 66.5 Å². The maximum Gasteiger partial charge on any atom is 0.243 e. The van der Waals surface area contributed by atoms with Crippen LogP contribution in [0, 0.1) is 6.92 Å². The monoisotopic (exact) mass is 424 g/mol. The molecule has 2 rings (SSSR count). The van der Waals surface area contributed by atoms with Crippen LogP contribution in [0.15, 0.2) is 57.9 Å². The van der Waals surface area contributed by atoms with Crippen molar-refractivity contribution in [1.29, 1.82) is 0 Å². The summed E-state index contributed by atoms with van der Waals surface area (Å²) in [6.45, 7) is 3.50. The molecule has 0 spiro atoms. The fraction of sp³-hybridized carbons (Fsp3) is 0.278. The molecule has 134 valence electrons. The Labute approximate surface area is 157 Å². The van der Waals surface area contributed by atoms with Gasteiger partial charge in [0.2, 0.25) is 15.9 Å². The van der Waals surface area contributed by atoms with Crippen LogP contribution in [-0.4, -0.2) is 32.2 Å². The zero-order valence-corrected chi connectivity index (χ0v) is 16.8. The minimum Gasteiger partial charge on any atom is -0.348 e. The lowest BCUT2D eigenvalue weighted by atomic mass is 10.1. The molecule has 0 heterocycles. The van der Waals surface area contributed by atoms with E-state index >= 15 is 0 Å². The molecule has 25 heavy (non-hydrogen) atoms. The van der Waals surface area contributed by atoms with Gasteiger partial charge in [-0.3, -0.25) is 4.79 Å². The summed E-state index contributed by atoms with van der Waals surface area (Å²) in [7, 11) is -2.29. The van der Waals surface area contributed by atoms with Gasteiger partial charge in [0.15, 0.2) is 0 Å². The molecule has 2 aromatic rings. The van der Waals surface area contributed by atoms with Crippen molar-refractivity contribution in [1.82, 2.24) is 9.62 Å². The lowest BCUT2D eigenvalue weighted by Gasteiger charge is -2.19. The number of nitrogens with one attached hydrogen (secondary N) is 1. The molecule has 1 atom stereocenters. The van der Waals surface area contributed by atoms with Gasteiger partial charge in [0, 0.05) is 11.5 Å². The molecule has 0 unspecified atom stereocenters. The Morgan fingerprint density at radius 2 is 1.68 bits per heavy atom. The third-order valence-corrected chi connectivity index (χ3v) is 6.19. The molecule has 5 nitrogen and oxygen atoms in total. The van der Waals surface area contributed by atoms with Crippen molar-refractivity contribution in [2.75, 3.05) is 13.6 Å². The average molecular weight is 425 g/mol. The molecule has 0 aliphatic rings. The Balaban J connectivity index is 2.01. The Bertz CT molecular complexity index is 834. The molecule has 0 saturated heterocycles. The molecule has 0 aromatic heterocycles. The predicted molar refractivity (Wildman–Crippen MR) is 102 cm³/mol. The van der Waals surface area contributed by atoms with Gasteiger partial charge in [-0.15, -0.1) is 0 Å². The van der Waals surface area contributed by atoms with Gasteiger partial charge in [-0.1, -0.05) is 45.8 Å². The fourth-order valence-electron chi connectivity index (χ4n) is 2.30. The van der Waals surface area contributed by atoms with Crippen LogP contribution in [0.25, 0.3) is 0 Å². The Morgan fingerprint density at radius 1 is 1.12 bits per heavy atom. The van der Waals surface area contributed by atoms with E-state index in [4.69, 9.17) is 0 Å². The zero-order chi connectivity index (χ0) is 18.6. The number of rotatable bonds is 6. The van der Waals surface area contributed by atoms with Crippen molar-refractivity contribution in [3.8, 4) is 0 Å². The Morgan fingerprint density at radius 3 is 2.24 bits per heavy atom. The molecule has 1 N–H and O–H groups in total. The van der Waals surface area contributed by atoms with E-state index in [2.05, 4.69) is 21.2 Å². The summed E-state index contributed by atoms with van der Waals surface area (Å²) in [5.74, 6) is -0.353. The van der Waals surface area contributed by atoms with Crippen molar-refractivity contribution in [3.05, 3.63) is 64.1 Å². The van der Waals surface area contributed by atoms with Crippen molar-refractivity contribution in [2.45, 2.75) is 24.8 Å². The predicted octanol–water partition coefficient (Wildman–Crippen LogP) is 3.26. The van der Waals surface area contributed by atoms with Crippen molar-refractivity contribution < 1.29 is 13.2 Å². The van der Waals surface area contributed by atoms with Gasteiger partial charge in [0.05, 0.1) is 17.5 Å². The molecule has 0 aliphatic heterocycles. The lowest BCUT2D eigenvalue weighted by Crippen LogP contribution is -2.39. The number of nitrogens with zero attached hydrogens (tertiary/aromatic N) is 1. The molecule has 1 amide bonds. The van der Waals surface area contributed by atoms with Crippen LogP contribution in [-0.2, 0) is 14.8 Å². The summed E-state index contributed by atoms with van der Waals surface area (Å²) < 4.78 is 27.0. The number of halogens is 1. The quantitative estimate of drug-likeness (QED) is 0.773. The molecule has 0 aliphatic carbocycles. The highest BCUT2D eigenvalue weighted by Crippen LogP contribution is 2.17. The second-order valence-electron chi connectivity index (χ2n) is 5.91. The first-order chi connectivity index (χ1) is 11.7. The standard InChI is InChI=1S/C18H21BrN2O3S/c1-13-4-10-17(11-5-13)25(23,24)21(3)12-18(22)20-14(2)15-6-8-16(19)9-7-15/h4-11,14H,12H2,1-3H3,(H,20,22)/t14-/m0/s1. The van der Waals surface area contributed by atoms with Gasteiger partial charge in [-0.25, -0.2) is 8.42 Å². The fourth-order valence-corrected chi connectivity index (χ4v) is 3.69. The highest BCUT2D eigenvalue weighted by atomic mass is 79.9. The molecule has 0 radical (unpaired) electrons. The first-order valence-corrected chi connectivity index (χ1v) is 10.0. The van der Waals surface area contributed by atoms with Gasteiger partial charge in [-0.2, -0.15) is 4.31 Å². The van der Waals surface area contributed by atoms with E-state index in [0.717, 1.165) is 19.9 Å². The Kier molecular flexibility index (Phi) is 6.37. The minimum atomic E-state index is -3.69. The van der Waals surface area contributed by atoms with E-state index in [9.17, 15) is 13.2 Å². The first-order valence-electron chi connectivity index (χ1n) is 7.78. The highest BCUT2D eigenvalue weighted by Gasteiger charge is 2.23. The average Bonchev–Trinajstić information content (AvgIpc) is 2.55. The zero-order valence-electron chi connectivity index (χ0n) is 14.4. The summed E-state index contributed by atoms with van der Waals surface area (Å²) in [5, 5.41) is 2.82. The van der Waals surface area contributed by atoms with Gasteiger partial charge in [-0.05, 0) is 43.7 Å². The summed E-state index contributed by atoms with van der Waals surface area (Å²) >= 11 is 3.37. The number of carbonyl (C=O) groups excluding carboxylic acids is 1. The molecular formula is C18H21BrN2O3S. The minimum absolute atomic E-state index is 0.175. The maximum atomic E-state index is 12.5. The van der Waals surface area contributed by atoms with Crippen LogP contribution in [0.3, 0.4) is 0 Å². The summed E-state index contributed by atoms with van der Waals surface area (Å²) in [6, 6.07) is 13.9. The van der Waals surface area contributed by atoms with Crippen molar-refractivity contribution >= 4 is 31.9 Å². The van der Waals surface area contributed by atoms with Gasteiger partial charge in [0.25, 0.3) is 0 Å². The van der Waals surface area contributed by atoms with Crippen molar-refractivity contribution in [2.24, 2.45) is 0 Å². The molecule has 0 bridgehead atoms. The normalized spacial score (nSPS) is 12.8. The first kappa shape index (κ1) is 19.6. The van der Waals surface area contributed by atoms with Gasteiger partial charge < -0.3 is 5.32 Å². The largest absolute Gasteiger partial charge is 0.348 e. The number of likely N-dealkylation sites (N-methyl/N-ethyl adjacent to an activating group) is 1. The summed E-state index contributed by atoms with van der Waals surface area (Å²) in [4.78, 5) is 12.4. The van der Waals surface area contributed by atoms with E-state index < -0.39 is 10.0 Å². The van der Waals surface area contributed by atoms with Crippen molar-refractivity contribution in [3.63, 3.8) is 0 Å². The molecule has 0 saturated carbocycles. The highest BCUT2D eigenvalue weighted by molar-refractivity contribution is 9.10. The second kappa shape index (κ2) is 8.12. The van der Waals surface area contributed by atoms with Crippen LogP contribution >= 0.6 is 15.9 Å². The van der Waals surface area contributed by atoms with Gasteiger partial charge >= 0.3 is 0 Å². The number of carbonyl (C=O) groups is 1. The number of benzene rings is 2. The lowest BCUT2D eigenvalue weighted by molar-refractivity contribution is -0.121. The van der Waals surface area contributed by atoms with Crippen LogP contribution < -0.4 is 5.32 Å². The smallest absolute Gasteiger partial charge is 0.243 e. The second-order valence-corrected chi connectivity index (χ2v) is 8.88. The molecule has 2 aromatic carbocycles. The third-order valence-electron chi connectivity index (χ3n) is 3.84. The molecule has 7 heteroatoms.